The number of nitrogens with two attached hydrogens (primary N) is 1. The van der Waals surface area contributed by atoms with Crippen LogP contribution in [-0.4, -0.2) is 11.8 Å². The topological polar surface area (TPSA) is 38.4 Å². The van der Waals surface area contributed by atoms with Crippen LogP contribution in [0.5, 0.6) is 0 Å². The first kappa shape index (κ1) is 11.8. The van der Waals surface area contributed by atoms with Gasteiger partial charge < -0.3 is 5.73 Å². The van der Waals surface area contributed by atoms with Crippen molar-refractivity contribution in [1.82, 2.24) is 0 Å². The molecule has 0 bridgehead atoms. The maximum absolute atomic E-state index is 13.4. The summed E-state index contributed by atoms with van der Waals surface area (Å²) in [7, 11) is 0. The molecule has 1 fully saturated rings. The Bertz CT molecular complexity index is 439. The van der Waals surface area contributed by atoms with Crippen molar-refractivity contribution in [2.24, 2.45) is 28.5 Å². The predicted octanol–water partition coefficient (Wildman–Crippen LogP) is 3.13. The van der Waals surface area contributed by atoms with Gasteiger partial charge in [-0.15, -0.1) is 0 Å². The maximum Gasteiger partial charge on any atom is 0.119 e. The number of halogens is 1. The fourth-order valence-electron chi connectivity index (χ4n) is 3.35. The summed E-state index contributed by atoms with van der Waals surface area (Å²) in [6.07, 6.45) is 13.6. The van der Waals surface area contributed by atoms with Crippen LogP contribution in [0.15, 0.2) is 41.3 Å². The van der Waals surface area contributed by atoms with Gasteiger partial charge in [-0.1, -0.05) is 6.08 Å². The van der Waals surface area contributed by atoms with Crippen LogP contribution in [0.25, 0.3) is 0 Å². The molecule has 0 spiro atoms. The van der Waals surface area contributed by atoms with Crippen molar-refractivity contribution in [3.8, 4) is 0 Å². The quantitative estimate of drug-likeness (QED) is 0.758. The molecule has 2 atom stereocenters. The Morgan fingerprint density at radius 2 is 1.94 bits per heavy atom. The van der Waals surface area contributed by atoms with E-state index in [-0.39, 0.29) is 11.7 Å². The monoisotopic (exact) mass is 246 g/mol. The van der Waals surface area contributed by atoms with Gasteiger partial charge in [0.05, 0.1) is 0 Å². The zero-order valence-electron chi connectivity index (χ0n) is 10.4. The van der Waals surface area contributed by atoms with E-state index in [0.29, 0.717) is 17.9 Å². The molecule has 0 amide bonds. The molecule has 3 rings (SSSR count). The minimum absolute atomic E-state index is 0.124. The van der Waals surface area contributed by atoms with Crippen molar-refractivity contribution in [3.63, 3.8) is 0 Å². The Morgan fingerprint density at radius 3 is 2.72 bits per heavy atom. The van der Waals surface area contributed by atoms with E-state index in [4.69, 9.17) is 5.73 Å². The van der Waals surface area contributed by atoms with E-state index < -0.39 is 0 Å². The first-order valence-corrected chi connectivity index (χ1v) is 6.79. The minimum atomic E-state index is -0.133. The molecular formula is C15H19FN2. The third-order valence-corrected chi connectivity index (χ3v) is 4.40. The lowest BCUT2D eigenvalue weighted by Gasteiger charge is -2.36. The van der Waals surface area contributed by atoms with Crippen LogP contribution < -0.4 is 5.73 Å². The van der Waals surface area contributed by atoms with E-state index in [2.05, 4.69) is 11.1 Å². The standard InChI is InChI=1S/C15H19FN2/c16-11-3-6-15-14(9-11)13(7-8-18-15)10-1-4-12(17)5-2-10/h3,6-10,12-14H,1-2,4-5,17H2/t10-,12+,13?,14?. The summed E-state index contributed by atoms with van der Waals surface area (Å²) in [5.74, 6) is 0.999. The van der Waals surface area contributed by atoms with E-state index in [1.807, 2.05) is 12.3 Å². The Labute approximate surface area is 107 Å². The summed E-state index contributed by atoms with van der Waals surface area (Å²) in [5.41, 5.74) is 6.95. The highest BCUT2D eigenvalue weighted by Crippen LogP contribution is 2.39. The lowest BCUT2D eigenvalue weighted by Crippen LogP contribution is -2.34. The van der Waals surface area contributed by atoms with Gasteiger partial charge in [0.15, 0.2) is 0 Å². The van der Waals surface area contributed by atoms with E-state index in [1.165, 1.54) is 6.08 Å². The molecule has 2 unspecified atom stereocenters. The molecule has 2 aliphatic carbocycles. The van der Waals surface area contributed by atoms with Gasteiger partial charge in [0.1, 0.15) is 5.83 Å². The molecule has 3 aliphatic rings. The lowest BCUT2D eigenvalue weighted by atomic mass is 9.70. The summed E-state index contributed by atoms with van der Waals surface area (Å²) in [6, 6.07) is 0.362. The second-order valence-electron chi connectivity index (χ2n) is 5.56. The van der Waals surface area contributed by atoms with Gasteiger partial charge in [-0.25, -0.2) is 4.39 Å². The Balaban J connectivity index is 1.79. The smallest absolute Gasteiger partial charge is 0.119 e. The van der Waals surface area contributed by atoms with Gasteiger partial charge in [-0.05, 0) is 55.7 Å². The average Bonchev–Trinajstić information content (AvgIpc) is 2.39. The van der Waals surface area contributed by atoms with Gasteiger partial charge in [-0.3, -0.25) is 4.99 Å². The fourth-order valence-corrected chi connectivity index (χ4v) is 3.35. The summed E-state index contributed by atoms with van der Waals surface area (Å²) >= 11 is 0. The van der Waals surface area contributed by atoms with Gasteiger partial charge in [-0.2, -0.15) is 0 Å². The van der Waals surface area contributed by atoms with Gasteiger partial charge in [0.25, 0.3) is 0 Å². The Kier molecular flexibility index (Phi) is 3.16. The molecule has 18 heavy (non-hydrogen) atoms. The van der Waals surface area contributed by atoms with Crippen LogP contribution in [0.3, 0.4) is 0 Å². The van der Waals surface area contributed by atoms with Crippen LogP contribution >= 0.6 is 0 Å². The van der Waals surface area contributed by atoms with E-state index >= 15 is 0 Å². The second-order valence-corrected chi connectivity index (χ2v) is 5.56. The van der Waals surface area contributed by atoms with Gasteiger partial charge in [0, 0.05) is 23.9 Å². The molecule has 0 aromatic carbocycles. The summed E-state index contributed by atoms with van der Waals surface area (Å²) in [5, 5.41) is 0. The van der Waals surface area contributed by atoms with Crippen molar-refractivity contribution in [2.75, 3.05) is 0 Å². The second kappa shape index (κ2) is 4.81. The molecule has 96 valence electrons. The van der Waals surface area contributed by atoms with Crippen molar-refractivity contribution >= 4 is 5.71 Å². The Morgan fingerprint density at radius 1 is 1.17 bits per heavy atom. The molecule has 0 aromatic rings. The maximum atomic E-state index is 13.4. The van der Waals surface area contributed by atoms with Crippen molar-refractivity contribution in [1.29, 1.82) is 0 Å². The number of fused-ring (bicyclic) bond motifs is 1. The van der Waals surface area contributed by atoms with Crippen molar-refractivity contribution < 1.29 is 4.39 Å². The van der Waals surface area contributed by atoms with Crippen LogP contribution in [0, 0.1) is 17.8 Å². The van der Waals surface area contributed by atoms with Crippen molar-refractivity contribution in [3.05, 3.63) is 36.3 Å². The lowest BCUT2D eigenvalue weighted by molar-refractivity contribution is 0.248. The molecule has 0 saturated heterocycles. The molecule has 1 saturated carbocycles. The molecule has 1 aliphatic heterocycles. The highest BCUT2D eigenvalue weighted by atomic mass is 19.1. The molecular weight excluding hydrogens is 227 g/mol. The van der Waals surface area contributed by atoms with Crippen LogP contribution in [0.4, 0.5) is 4.39 Å². The zero-order valence-corrected chi connectivity index (χ0v) is 10.4. The largest absolute Gasteiger partial charge is 0.328 e. The third-order valence-electron chi connectivity index (χ3n) is 4.40. The first-order valence-electron chi connectivity index (χ1n) is 6.79. The van der Waals surface area contributed by atoms with Crippen molar-refractivity contribution in [2.45, 2.75) is 31.7 Å². The predicted molar refractivity (Wildman–Crippen MR) is 71.8 cm³/mol. The van der Waals surface area contributed by atoms with E-state index in [1.54, 1.807) is 6.08 Å². The summed E-state index contributed by atoms with van der Waals surface area (Å²) in [4.78, 5) is 4.36. The molecule has 2 N–H and O–H groups in total. The van der Waals surface area contributed by atoms with Crippen LogP contribution in [-0.2, 0) is 0 Å². The number of aliphatic imine (C=N–C) groups is 1. The van der Waals surface area contributed by atoms with E-state index in [9.17, 15) is 4.39 Å². The highest BCUT2D eigenvalue weighted by molar-refractivity contribution is 6.00. The molecule has 3 heteroatoms. The number of nitrogens with zero attached hydrogens (tertiary/aromatic N) is 1. The minimum Gasteiger partial charge on any atom is -0.328 e. The number of hydrogen-bond donors (Lipinski definition) is 1. The third kappa shape index (κ3) is 2.19. The Hall–Kier alpha value is -1.22. The molecule has 0 radical (unpaired) electrons. The van der Waals surface area contributed by atoms with Gasteiger partial charge >= 0.3 is 0 Å². The van der Waals surface area contributed by atoms with E-state index in [0.717, 1.165) is 31.4 Å². The molecule has 2 nitrogen and oxygen atoms in total. The van der Waals surface area contributed by atoms with Gasteiger partial charge in [0.2, 0.25) is 0 Å². The average molecular weight is 246 g/mol. The fraction of sp³-hybridized carbons (Fsp3) is 0.533. The van der Waals surface area contributed by atoms with Crippen LogP contribution in [0.2, 0.25) is 0 Å². The first-order chi connectivity index (χ1) is 8.74. The zero-order chi connectivity index (χ0) is 12.5. The molecule has 1 heterocycles. The normalized spacial score (nSPS) is 39.0. The summed E-state index contributed by atoms with van der Waals surface area (Å²) < 4.78 is 13.4. The summed E-state index contributed by atoms with van der Waals surface area (Å²) in [6.45, 7) is 0. The van der Waals surface area contributed by atoms with Crippen LogP contribution in [0.1, 0.15) is 25.7 Å². The highest BCUT2D eigenvalue weighted by Gasteiger charge is 2.33. The molecule has 0 aromatic heterocycles. The number of hydrogen-bond acceptors (Lipinski definition) is 2. The SMILES string of the molecule is N[C@H]1CC[C@@H](C2C=CN=C3C=CC(F)=CC32)CC1. The number of rotatable bonds is 1. The number of allylic oxidation sites excluding steroid dienone is 5.